The van der Waals surface area contributed by atoms with Crippen LogP contribution in [0.2, 0.25) is 5.02 Å². The molecule has 0 heterocycles. The van der Waals surface area contributed by atoms with Gasteiger partial charge < -0.3 is 10.1 Å². The van der Waals surface area contributed by atoms with E-state index >= 15 is 0 Å². The Morgan fingerprint density at radius 3 is 2.52 bits per heavy atom. The Labute approximate surface area is 137 Å². The number of hydrogen-bond acceptors (Lipinski definition) is 3. The number of halogens is 1. The number of benzene rings is 3. The van der Waals surface area contributed by atoms with Gasteiger partial charge in [0, 0.05) is 5.69 Å². The van der Waals surface area contributed by atoms with Crippen LogP contribution in [-0.2, 0) is 0 Å². The lowest BCUT2D eigenvalue weighted by Crippen LogP contribution is -2.24. The molecule has 5 nitrogen and oxygen atoms in total. The molecular formula is C17H13ClN2O3. The molecule has 116 valence electrons. The number of nitrogens with one attached hydrogen (secondary N) is 2. The van der Waals surface area contributed by atoms with E-state index in [0.29, 0.717) is 22.2 Å². The van der Waals surface area contributed by atoms with Crippen molar-refractivity contribution in [3.63, 3.8) is 0 Å². The molecule has 0 unspecified atom stereocenters. The van der Waals surface area contributed by atoms with Gasteiger partial charge in [-0.3, -0.25) is 5.21 Å². The van der Waals surface area contributed by atoms with Gasteiger partial charge in [-0.05, 0) is 41.1 Å². The molecule has 0 aliphatic rings. The van der Waals surface area contributed by atoms with Crippen LogP contribution in [0.1, 0.15) is 0 Å². The number of ether oxygens (including phenoxy) is 1. The van der Waals surface area contributed by atoms with E-state index < -0.39 is 6.03 Å². The molecule has 3 N–H and O–H groups in total. The highest BCUT2D eigenvalue weighted by Crippen LogP contribution is 2.32. The predicted octanol–water partition coefficient (Wildman–Crippen LogP) is 4.80. The summed E-state index contributed by atoms with van der Waals surface area (Å²) >= 11 is 6.16. The van der Waals surface area contributed by atoms with Crippen LogP contribution in [0.5, 0.6) is 11.5 Å². The molecule has 2 amide bonds. The van der Waals surface area contributed by atoms with Crippen LogP contribution in [-0.4, -0.2) is 11.2 Å². The third-order valence-electron chi connectivity index (χ3n) is 3.24. The summed E-state index contributed by atoms with van der Waals surface area (Å²) < 4.78 is 5.79. The minimum Gasteiger partial charge on any atom is -0.456 e. The summed E-state index contributed by atoms with van der Waals surface area (Å²) in [5, 5.41) is 13.4. The normalized spacial score (nSPS) is 10.3. The highest BCUT2D eigenvalue weighted by molar-refractivity contribution is 6.32. The van der Waals surface area contributed by atoms with Gasteiger partial charge in [0.1, 0.15) is 11.5 Å². The topological polar surface area (TPSA) is 70.6 Å². The van der Waals surface area contributed by atoms with E-state index in [1.165, 1.54) is 11.5 Å². The molecule has 3 rings (SSSR count). The first kappa shape index (κ1) is 15.1. The van der Waals surface area contributed by atoms with Gasteiger partial charge in [0.2, 0.25) is 0 Å². The Hall–Kier alpha value is -2.76. The second-order valence-electron chi connectivity index (χ2n) is 4.82. The van der Waals surface area contributed by atoms with Crippen molar-refractivity contribution in [3.05, 3.63) is 65.7 Å². The Bertz CT molecular complexity index is 867. The van der Waals surface area contributed by atoms with E-state index in [0.717, 1.165) is 10.8 Å². The second kappa shape index (κ2) is 6.56. The van der Waals surface area contributed by atoms with Crippen molar-refractivity contribution in [1.82, 2.24) is 5.48 Å². The first-order chi connectivity index (χ1) is 11.2. The van der Waals surface area contributed by atoms with Gasteiger partial charge in [0.15, 0.2) is 0 Å². The number of hydrogen-bond donors (Lipinski definition) is 3. The van der Waals surface area contributed by atoms with Crippen molar-refractivity contribution in [2.75, 3.05) is 5.32 Å². The molecule has 3 aromatic carbocycles. The lowest BCUT2D eigenvalue weighted by molar-refractivity contribution is 0.172. The summed E-state index contributed by atoms with van der Waals surface area (Å²) in [7, 11) is 0. The lowest BCUT2D eigenvalue weighted by atomic mass is 10.1. The summed E-state index contributed by atoms with van der Waals surface area (Å²) in [6.07, 6.45) is 0. The average molecular weight is 329 g/mol. The lowest BCUT2D eigenvalue weighted by Gasteiger charge is -2.10. The monoisotopic (exact) mass is 328 g/mol. The molecule has 0 aliphatic heterocycles. The number of fused-ring (bicyclic) bond motifs is 1. The van der Waals surface area contributed by atoms with Crippen LogP contribution in [0.25, 0.3) is 10.8 Å². The standard InChI is InChI=1S/C17H13ClN2O3/c18-15-10-13(19-17(21)20-22)6-8-16(15)23-14-7-5-11-3-1-2-4-12(11)9-14/h1-10,22H,(H2,19,20,21). The number of anilines is 1. The molecule has 0 aliphatic carbocycles. The SMILES string of the molecule is O=C(NO)Nc1ccc(Oc2ccc3ccccc3c2)c(Cl)c1. The maximum atomic E-state index is 11.0. The minimum atomic E-state index is -0.746. The van der Waals surface area contributed by atoms with Gasteiger partial charge in [0.25, 0.3) is 0 Å². The van der Waals surface area contributed by atoms with Gasteiger partial charge >= 0.3 is 6.03 Å². The molecule has 0 bridgehead atoms. The molecule has 0 atom stereocenters. The van der Waals surface area contributed by atoms with Crippen LogP contribution in [0.4, 0.5) is 10.5 Å². The molecule has 0 fully saturated rings. The zero-order valence-electron chi connectivity index (χ0n) is 11.9. The van der Waals surface area contributed by atoms with Gasteiger partial charge in [0.05, 0.1) is 5.02 Å². The van der Waals surface area contributed by atoms with Crippen molar-refractivity contribution in [2.45, 2.75) is 0 Å². The quantitative estimate of drug-likeness (QED) is 0.478. The van der Waals surface area contributed by atoms with Crippen LogP contribution < -0.4 is 15.5 Å². The van der Waals surface area contributed by atoms with Crippen molar-refractivity contribution >= 4 is 34.1 Å². The number of hydroxylamine groups is 1. The maximum absolute atomic E-state index is 11.0. The van der Waals surface area contributed by atoms with Crippen LogP contribution in [0, 0.1) is 0 Å². The Morgan fingerprint density at radius 2 is 1.78 bits per heavy atom. The number of carbonyl (C=O) groups is 1. The first-order valence-corrected chi connectivity index (χ1v) is 7.21. The molecular weight excluding hydrogens is 316 g/mol. The van der Waals surface area contributed by atoms with Crippen molar-refractivity contribution in [1.29, 1.82) is 0 Å². The third kappa shape index (κ3) is 3.53. The first-order valence-electron chi connectivity index (χ1n) is 6.83. The predicted molar refractivity (Wildman–Crippen MR) is 89.4 cm³/mol. The van der Waals surface area contributed by atoms with Crippen LogP contribution in [0.3, 0.4) is 0 Å². The summed E-state index contributed by atoms with van der Waals surface area (Å²) in [6.45, 7) is 0. The Morgan fingerprint density at radius 1 is 1.00 bits per heavy atom. The van der Waals surface area contributed by atoms with E-state index in [4.69, 9.17) is 21.5 Å². The molecule has 0 spiro atoms. The van der Waals surface area contributed by atoms with Gasteiger partial charge in [-0.25, -0.2) is 10.3 Å². The molecule has 0 aromatic heterocycles. The smallest absolute Gasteiger partial charge is 0.342 e. The molecule has 0 saturated carbocycles. The minimum absolute atomic E-state index is 0.342. The fourth-order valence-corrected chi connectivity index (χ4v) is 2.40. The largest absolute Gasteiger partial charge is 0.456 e. The van der Waals surface area contributed by atoms with Crippen molar-refractivity contribution < 1.29 is 14.7 Å². The average Bonchev–Trinajstić information content (AvgIpc) is 2.57. The molecule has 6 heteroatoms. The van der Waals surface area contributed by atoms with E-state index in [-0.39, 0.29) is 0 Å². The summed E-state index contributed by atoms with van der Waals surface area (Å²) in [5.41, 5.74) is 1.92. The van der Waals surface area contributed by atoms with E-state index in [9.17, 15) is 4.79 Å². The summed E-state index contributed by atoms with van der Waals surface area (Å²) in [5.74, 6) is 1.14. The third-order valence-corrected chi connectivity index (χ3v) is 3.54. The zero-order valence-corrected chi connectivity index (χ0v) is 12.7. The van der Waals surface area contributed by atoms with Crippen molar-refractivity contribution in [3.8, 4) is 11.5 Å². The Kier molecular flexibility index (Phi) is 4.32. The van der Waals surface area contributed by atoms with Gasteiger partial charge in [-0.2, -0.15) is 0 Å². The molecule has 23 heavy (non-hydrogen) atoms. The van der Waals surface area contributed by atoms with Crippen molar-refractivity contribution in [2.24, 2.45) is 0 Å². The highest BCUT2D eigenvalue weighted by Gasteiger charge is 2.07. The number of carbonyl (C=O) groups excluding carboxylic acids is 1. The van der Waals surface area contributed by atoms with E-state index in [1.54, 1.807) is 12.1 Å². The Balaban J connectivity index is 1.82. The fraction of sp³-hybridized carbons (Fsp3) is 0. The highest BCUT2D eigenvalue weighted by atomic mass is 35.5. The number of urea groups is 1. The molecule has 3 aromatic rings. The van der Waals surface area contributed by atoms with Crippen LogP contribution in [0.15, 0.2) is 60.7 Å². The molecule has 0 saturated heterocycles. The zero-order chi connectivity index (χ0) is 16.2. The number of rotatable bonds is 3. The summed E-state index contributed by atoms with van der Waals surface area (Å²) in [6, 6.07) is 17.8. The van der Waals surface area contributed by atoms with Gasteiger partial charge in [-0.1, -0.05) is 41.9 Å². The van der Waals surface area contributed by atoms with E-state index in [2.05, 4.69) is 5.32 Å². The summed E-state index contributed by atoms with van der Waals surface area (Å²) in [4.78, 5) is 11.0. The number of amides is 2. The van der Waals surface area contributed by atoms with Gasteiger partial charge in [-0.15, -0.1) is 0 Å². The van der Waals surface area contributed by atoms with E-state index in [1.807, 2.05) is 42.5 Å². The molecule has 0 radical (unpaired) electrons. The fourth-order valence-electron chi connectivity index (χ4n) is 2.18. The van der Waals surface area contributed by atoms with Crippen LogP contribution >= 0.6 is 11.6 Å². The maximum Gasteiger partial charge on any atom is 0.342 e. The second-order valence-corrected chi connectivity index (χ2v) is 5.23.